The number of hydrogen-bond acceptors (Lipinski definition) is 4. The Morgan fingerprint density at radius 3 is 2.70 bits per heavy atom. The molecule has 1 aromatic carbocycles. The van der Waals surface area contributed by atoms with Crippen molar-refractivity contribution in [1.29, 1.82) is 0 Å². The van der Waals surface area contributed by atoms with E-state index in [-0.39, 0.29) is 11.8 Å². The molecule has 112 valence electrons. The molecule has 0 heterocycles. The Labute approximate surface area is 130 Å². The zero-order valence-electron chi connectivity index (χ0n) is 11.8. The van der Waals surface area contributed by atoms with E-state index in [0.29, 0.717) is 18.6 Å². The standard InChI is InChI=1S/C15H23NO2S2/c1-20-9-5-8-14(17)16-15(18)13(11-19)10-12-6-3-2-4-7-12/h2-4,6-7,13-14,17,19H,5,8-11H2,1H3,(H,16,18). The van der Waals surface area contributed by atoms with E-state index in [4.69, 9.17) is 0 Å². The van der Waals surface area contributed by atoms with Crippen LogP contribution in [0, 0.1) is 5.92 Å². The van der Waals surface area contributed by atoms with Crippen LogP contribution in [-0.4, -0.2) is 35.0 Å². The van der Waals surface area contributed by atoms with Gasteiger partial charge in [0.05, 0.1) is 5.92 Å². The fourth-order valence-corrected chi connectivity index (χ4v) is 2.66. The van der Waals surface area contributed by atoms with E-state index in [0.717, 1.165) is 17.7 Å². The predicted octanol–water partition coefficient (Wildman–Crippen LogP) is 2.35. The quantitative estimate of drug-likeness (QED) is 0.373. The van der Waals surface area contributed by atoms with Gasteiger partial charge in [0.1, 0.15) is 6.23 Å². The van der Waals surface area contributed by atoms with Crippen molar-refractivity contribution < 1.29 is 9.90 Å². The number of benzene rings is 1. The van der Waals surface area contributed by atoms with Gasteiger partial charge in [0.2, 0.25) is 5.91 Å². The highest BCUT2D eigenvalue weighted by atomic mass is 32.2. The van der Waals surface area contributed by atoms with Gasteiger partial charge in [-0.25, -0.2) is 0 Å². The highest BCUT2D eigenvalue weighted by Crippen LogP contribution is 2.11. The van der Waals surface area contributed by atoms with E-state index in [1.165, 1.54) is 0 Å². The van der Waals surface area contributed by atoms with Crippen LogP contribution in [0.5, 0.6) is 0 Å². The van der Waals surface area contributed by atoms with Gasteiger partial charge < -0.3 is 10.4 Å². The van der Waals surface area contributed by atoms with Crippen molar-refractivity contribution in [3.05, 3.63) is 35.9 Å². The van der Waals surface area contributed by atoms with Crippen molar-refractivity contribution in [2.45, 2.75) is 25.5 Å². The van der Waals surface area contributed by atoms with E-state index < -0.39 is 6.23 Å². The monoisotopic (exact) mass is 313 g/mol. The minimum Gasteiger partial charge on any atom is -0.374 e. The fourth-order valence-electron chi connectivity index (χ4n) is 1.91. The lowest BCUT2D eigenvalue weighted by molar-refractivity contribution is -0.127. The Hall–Kier alpha value is -0.650. The number of thiol groups is 1. The fraction of sp³-hybridized carbons (Fsp3) is 0.533. The second-order valence-corrected chi connectivity index (χ2v) is 6.08. The lowest BCUT2D eigenvalue weighted by atomic mass is 10.00. The molecule has 0 aromatic heterocycles. The van der Waals surface area contributed by atoms with Gasteiger partial charge in [-0.05, 0) is 36.8 Å². The molecule has 1 aromatic rings. The van der Waals surface area contributed by atoms with Gasteiger partial charge in [-0.3, -0.25) is 4.79 Å². The van der Waals surface area contributed by atoms with Crippen molar-refractivity contribution in [3.63, 3.8) is 0 Å². The third-order valence-electron chi connectivity index (χ3n) is 3.05. The summed E-state index contributed by atoms with van der Waals surface area (Å²) in [5.41, 5.74) is 1.11. The Morgan fingerprint density at radius 2 is 2.10 bits per heavy atom. The lowest BCUT2D eigenvalue weighted by Gasteiger charge is -2.18. The van der Waals surface area contributed by atoms with E-state index >= 15 is 0 Å². The summed E-state index contributed by atoms with van der Waals surface area (Å²) in [7, 11) is 0. The first kappa shape index (κ1) is 17.4. The molecular weight excluding hydrogens is 290 g/mol. The number of nitrogens with one attached hydrogen (secondary N) is 1. The largest absolute Gasteiger partial charge is 0.374 e. The van der Waals surface area contributed by atoms with E-state index in [1.807, 2.05) is 36.6 Å². The molecule has 0 saturated carbocycles. The van der Waals surface area contributed by atoms with Crippen LogP contribution in [0.2, 0.25) is 0 Å². The van der Waals surface area contributed by atoms with Gasteiger partial charge in [-0.15, -0.1) is 0 Å². The molecule has 2 atom stereocenters. The molecule has 0 aliphatic carbocycles. The second kappa shape index (κ2) is 10.1. The van der Waals surface area contributed by atoms with Gasteiger partial charge in [-0.1, -0.05) is 30.3 Å². The maximum atomic E-state index is 12.1. The van der Waals surface area contributed by atoms with Crippen LogP contribution in [0.4, 0.5) is 0 Å². The van der Waals surface area contributed by atoms with Crippen LogP contribution >= 0.6 is 24.4 Å². The average Bonchev–Trinajstić information content (AvgIpc) is 2.46. The number of thioether (sulfide) groups is 1. The maximum absolute atomic E-state index is 12.1. The summed E-state index contributed by atoms with van der Waals surface area (Å²) in [6, 6.07) is 9.87. The molecule has 3 nitrogen and oxygen atoms in total. The van der Waals surface area contributed by atoms with Gasteiger partial charge >= 0.3 is 0 Å². The Morgan fingerprint density at radius 1 is 1.40 bits per heavy atom. The Bertz CT molecular complexity index is 387. The summed E-state index contributed by atoms with van der Waals surface area (Å²) >= 11 is 5.99. The first-order chi connectivity index (χ1) is 9.67. The van der Waals surface area contributed by atoms with Crippen LogP contribution in [0.25, 0.3) is 0 Å². The van der Waals surface area contributed by atoms with E-state index in [2.05, 4.69) is 17.9 Å². The molecule has 0 aliphatic rings. The Kier molecular flexibility index (Phi) is 8.82. The summed E-state index contributed by atoms with van der Waals surface area (Å²) in [4.78, 5) is 12.1. The Balaban J connectivity index is 2.42. The summed E-state index contributed by atoms with van der Waals surface area (Å²) in [5.74, 6) is 1.13. The number of amides is 1. The molecule has 5 heteroatoms. The molecule has 1 amide bonds. The van der Waals surface area contributed by atoms with Crippen molar-refractivity contribution in [3.8, 4) is 0 Å². The summed E-state index contributed by atoms with van der Waals surface area (Å²) in [5, 5.41) is 12.5. The van der Waals surface area contributed by atoms with E-state index in [9.17, 15) is 9.90 Å². The van der Waals surface area contributed by atoms with Gasteiger partial charge in [0.25, 0.3) is 0 Å². The minimum atomic E-state index is -0.757. The molecule has 0 fully saturated rings. The highest BCUT2D eigenvalue weighted by molar-refractivity contribution is 7.98. The van der Waals surface area contributed by atoms with Crippen LogP contribution < -0.4 is 5.32 Å². The van der Waals surface area contributed by atoms with Gasteiger partial charge in [-0.2, -0.15) is 24.4 Å². The maximum Gasteiger partial charge on any atom is 0.226 e. The average molecular weight is 313 g/mol. The number of carbonyl (C=O) groups excluding carboxylic acids is 1. The molecule has 0 bridgehead atoms. The molecule has 2 unspecified atom stereocenters. The van der Waals surface area contributed by atoms with Gasteiger partial charge in [0.15, 0.2) is 0 Å². The summed E-state index contributed by atoms with van der Waals surface area (Å²) in [6.45, 7) is 0. The first-order valence-electron chi connectivity index (χ1n) is 6.79. The number of hydrogen-bond donors (Lipinski definition) is 3. The summed E-state index contributed by atoms with van der Waals surface area (Å²) in [6.07, 6.45) is 3.41. The molecule has 0 saturated heterocycles. The van der Waals surface area contributed by atoms with Crippen LogP contribution in [-0.2, 0) is 11.2 Å². The topological polar surface area (TPSA) is 49.3 Å². The van der Waals surface area contributed by atoms with Crippen molar-refractivity contribution in [1.82, 2.24) is 5.32 Å². The van der Waals surface area contributed by atoms with Crippen LogP contribution in [0.3, 0.4) is 0 Å². The molecule has 1 rings (SSSR count). The smallest absolute Gasteiger partial charge is 0.226 e. The van der Waals surface area contributed by atoms with Crippen molar-refractivity contribution in [2.24, 2.45) is 5.92 Å². The highest BCUT2D eigenvalue weighted by Gasteiger charge is 2.19. The number of rotatable bonds is 9. The SMILES string of the molecule is CSCCCC(O)NC(=O)C(CS)Cc1ccccc1. The molecule has 0 spiro atoms. The minimum absolute atomic E-state index is 0.125. The number of aliphatic hydroxyl groups excluding tert-OH is 1. The zero-order chi connectivity index (χ0) is 14.8. The predicted molar refractivity (Wildman–Crippen MR) is 89.3 cm³/mol. The number of carbonyl (C=O) groups is 1. The van der Waals surface area contributed by atoms with Gasteiger partial charge in [0, 0.05) is 5.75 Å². The summed E-state index contributed by atoms with van der Waals surface area (Å²) < 4.78 is 0. The molecule has 2 N–H and O–H groups in total. The normalized spacial score (nSPS) is 13.8. The lowest BCUT2D eigenvalue weighted by Crippen LogP contribution is -2.40. The van der Waals surface area contributed by atoms with Crippen molar-refractivity contribution in [2.75, 3.05) is 17.8 Å². The third-order valence-corrected chi connectivity index (χ3v) is 4.19. The van der Waals surface area contributed by atoms with E-state index in [1.54, 1.807) is 11.8 Å². The zero-order valence-corrected chi connectivity index (χ0v) is 13.5. The molecule has 0 radical (unpaired) electrons. The molecule has 0 aliphatic heterocycles. The number of aliphatic hydroxyl groups is 1. The van der Waals surface area contributed by atoms with Crippen LogP contribution in [0.15, 0.2) is 30.3 Å². The third kappa shape index (κ3) is 6.68. The second-order valence-electron chi connectivity index (χ2n) is 4.73. The van der Waals surface area contributed by atoms with Crippen LogP contribution in [0.1, 0.15) is 18.4 Å². The first-order valence-corrected chi connectivity index (χ1v) is 8.82. The van der Waals surface area contributed by atoms with Crippen molar-refractivity contribution >= 4 is 30.3 Å². The molecule has 20 heavy (non-hydrogen) atoms. The molecular formula is C15H23NO2S2.